The second-order valence-electron chi connectivity index (χ2n) is 6.24. The number of carbonyl (C=O) groups excluding carboxylic acids is 1. The number of amides is 1. The van der Waals surface area contributed by atoms with Gasteiger partial charge in [-0.3, -0.25) is 4.79 Å². The zero-order chi connectivity index (χ0) is 15.8. The molecular formula is C18H20N4O. The molecule has 1 saturated heterocycles. The number of benzene rings is 1. The molecule has 0 radical (unpaired) electrons. The number of carbonyl (C=O) groups is 1. The van der Waals surface area contributed by atoms with Crippen LogP contribution in [-0.2, 0) is 6.54 Å². The van der Waals surface area contributed by atoms with Gasteiger partial charge in [-0.05, 0) is 25.3 Å². The minimum absolute atomic E-state index is 0.0318. The Balaban J connectivity index is 1.60. The molecule has 0 bridgehead atoms. The van der Waals surface area contributed by atoms with Crippen LogP contribution in [0.5, 0.6) is 0 Å². The first-order valence-electron chi connectivity index (χ1n) is 8.21. The third kappa shape index (κ3) is 2.46. The quantitative estimate of drug-likeness (QED) is 0.875. The van der Waals surface area contributed by atoms with E-state index in [1.54, 1.807) is 6.20 Å². The predicted octanol–water partition coefficient (Wildman–Crippen LogP) is 2.79. The van der Waals surface area contributed by atoms with Crippen LogP contribution in [0.3, 0.4) is 0 Å². The molecule has 2 aliphatic rings. The number of hydrogen-bond donors (Lipinski definition) is 0. The molecule has 23 heavy (non-hydrogen) atoms. The number of aromatic nitrogens is 2. The lowest BCUT2D eigenvalue weighted by molar-refractivity contribution is 0.0715. The summed E-state index contributed by atoms with van der Waals surface area (Å²) in [6, 6.07) is 10.2. The Hall–Kier alpha value is -2.43. The van der Waals surface area contributed by atoms with Gasteiger partial charge in [-0.15, -0.1) is 0 Å². The molecule has 5 heteroatoms. The second kappa shape index (κ2) is 5.65. The molecule has 0 aliphatic carbocycles. The minimum atomic E-state index is 0.0318. The molecule has 1 aromatic heterocycles. The highest BCUT2D eigenvalue weighted by atomic mass is 16.2. The fourth-order valence-corrected chi connectivity index (χ4v) is 3.39. The highest BCUT2D eigenvalue weighted by molar-refractivity contribution is 5.97. The maximum absolute atomic E-state index is 12.7. The van der Waals surface area contributed by atoms with Gasteiger partial charge in [-0.1, -0.05) is 30.3 Å². The monoisotopic (exact) mass is 308 g/mol. The Morgan fingerprint density at radius 1 is 1.13 bits per heavy atom. The van der Waals surface area contributed by atoms with Gasteiger partial charge in [0.25, 0.3) is 5.91 Å². The van der Waals surface area contributed by atoms with Gasteiger partial charge < -0.3 is 9.80 Å². The molecule has 5 nitrogen and oxygen atoms in total. The van der Waals surface area contributed by atoms with Gasteiger partial charge in [0.05, 0.1) is 23.8 Å². The van der Waals surface area contributed by atoms with Gasteiger partial charge in [0.15, 0.2) is 0 Å². The van der Waals surface area contributed by atoms with Crippen molar-refractivity contribution in [2.75, 3.05) is 18.0 Å². The van der Waals surface area contributed by atoms with Crippen LogP contribution in [0.15, 0.2) is 36.5 Å². The normalized spacial score (nSPS) is 18.4. The third-order valence-corrected chi connectivity index (χ3v) is 4.80. The fraction of sp³-hybridized carbons (Fsp3) is 0.389. The van der Waals surface area contributed by atoms with Crippen molar-refractivity contribution in [1.29, 1.82) is 0 Å². The number of nitrogens with zero attached hydrogens (tertiary/aromatic N) is 4. The lowest BCUT2D eigenvalue weighted by Gasteiger charge is -2.24. The van der Waals surface area contributed by atoms with Gasteiger partial charge >= 0.3 is 0 Å². The molecule has 4 rings (SSSR count). The van der Waals surface area contributed by atoms with E-state index in [1.807, 2.05) is 23.1 Å². The molecule has 2 aromatic rings. The first-order valence-corrected chi connectivity index (χ1v) is 8.21. The Labute approximate surface area is 136 Å². The van der Waals surface area contributed by atoms with E-state index in [4.69, 9.17) is 0 Å². The standard InChI is InChI=1S/C18H20N4O/c1-13(14-7-3-2-4-8-14)22-12-16-15(17(22)23)11-19-18(20-16)21-9-5-6-10-21/h2-4,7-8,11,13H,5-6,9-10,12H2,1H3/t13-/m1/s1. The number of hydrogen-bond acceptors (Lipinski definition) is 4. The molecule has 0 spiro atoms. The van der Waals surface area contributed by atoms with Crippen LogP contribution in [0, 0.1) is 0 Å². The van der Waals surface area contributed by atoms with E-state index in [9.17, 15) is 4.79 Å². The fourth-order valence-electron chi connectivity index (χ4n) is 3.39. The lowest BCUT2D eigenvalue weighted by Crippen LogP contribution is -2.27. The number of anilines is 1. The van der Waals surface area contributed by atoms with Crippen LogP contribution in [0.25, 0.3) is 0 Å². The summed E-state index contributed by atoms with van der Waals surface area (Å²) in [7, 11) is 0. The largest absolute Gasteiger partial charge is 0.341 e. The van der Waals surface area contributed by atoms with E-state index < -0.39 is 0 Å². The van der Waals surface area contributed by atoms with Crippen LogP contribution in [0.4, 0.5) is 5.95 Å². The van der Waals surface area contributed by atoms with Crippen molar-refractivity contribution in [2.24, 2.45) is 0 Å². The Bertz CT molecular complexity index is 725. The number of fused-ring (bicyclic) bond motifs is 1. The maximum Gasteiger partial charge on any atom is 0.258 e. The molecule has 0 N–H and O–H groups in total. The molecule has 1 fully saturated rings. The summed E-state index contributed by atoms with van der Waals surface area (Å²) < 4.78 is 0. The maximum atomic E-state index is 12.7. The summed E-state index contributed by atoms with van der Waals surface area (Å²) in [6.07, 6.45) is 4.09. The third-order valence-electron chi connectivity index (χ3n) is 4.80. The smallest absolute Gasteiger partial charge is 0.258 e. The summed E-state index contributed by atoms with van der Waals surface area (Å²) >= 11 is 0. The van der Waals surface area contributed by atoms with E-state index in [-0.39, 0.29) is 11.9 Å². The molecule has 1 amide bonds. The molecule has 0 unspecified atom stereocenters. The molecule has 1 atom stereocenters. The zero-order valence-corrected chi connectivity index (χ0v) is 13.3. The van der Waals surface area contributed by atoms with Gasteiger partial charge in [0.1, 0.15) is 0 Å². The van der Waals surface area contributed by atoms with Crippen LogP contribution in [0.1, 0.15) is 47.4 Å². The van der Waals surface area contributed by atoms with Crippen molar-refractivity contribution in [3.63, 3.8) is 0 Å². The van der Waals surface area contributed by atoms with Crippen LogP contribution in [0.2, 0.25) is 0 Å². The summed E-state index contributed by atoms with van der Waals surface area (Å²) in [5.74, 6) is 0.799. The van der Waals surface area contributed by atoms with E-state index in [2.05, 4.69) is 33.9 Å². The van der Waals surface area contributed by atoms with Crippen molar-refractivity contribution < 1.29 is 4.79 Å². The average Bonchev–Trinajstić information content (AvgIpc) is 3.23. The van der Waals surface area contributed by atoms with Crippen molar-refractivity contribution >= 4 is 11.9 Å². The lowest BCUT2D eigenvalue weighted by atomic mass is 10.1. The molecular weight excluding hydrogens is 288 g/mol. The second-order valence-corrected chi connectivity index (χ2v) is 6.24. The Kier molecular flexibility index (Phi) is 3.48. The van der Waals surface area contributed by atoms with E-state index >= 15 is 0 Å². The molecule has 118 valence electrons. The summed E-state index contributed by atoms with van der Waals surface area (Å²) in [5.41, 5.74) is 2.65. The molecule has 0 saturated carbocycles. The van der Waals surface area contributed by atoms with Gasteiger partial charge in [0.2, 0.25) is 5.95 Å². The van der Waals surface area contributed by atoms with E-state index in [0.29, 0.717) is 12.1 Å². The van der Waals surface area contributed by atoms with Gasteiger partial charge in [-0.2, -0.15) is 0 Å². The highest BCUT2D eigenvalue weighted by Gasteiger charge is 2.33. The molecule has 1 aromatic carbocycles. The van der Waals surface area contributed by atoms with E-state index in [1.165, 1.54) is 12.8 Å². The van der Waals surface area contributed by atoms with Crippen molar-refractivity contribution in [3.05, 3.63) is 53.3 Å². The van der Waals surface area contributed by atoms with E-state index in [0.717, 1.165) is 30.3 Å². The summed E-state index contributed by atoms with van der Waals surface area (Å²) in [4.78, 5) is 25.8. The Morgan fingerprint density at radius 2 is 1.87 bits per heavy atom. The zero-order valence-electron chi connectivity index (χ0n) is 13.3. The average molecular weight is 308 g/mol. The predicted molar refractivity (Wildman–Crippen MR) is 88.2 cm³/mol. The minimum Gasteiger partial charge on any atom is -0.341 e. The number of rotatable bonds is 3. The Morgan fingerprint density at radius 3 is 2.61 bits per heavy atom. The SMILES string of the molecule is C[C@H](c1ccccc1)N1Cc2nc(N3CCCC3)ncc2C1=O. The van der Waals surface area contributed by atoms with Crippen LogP contribution >= 0.6 is 0 Å². The summed E-state index contributed by atoms with van der Waals surface area (Å²) in [6.45, 7) is 4.65. The summed E-state index contributed by atoms with van der Waals surface area (Å²) in [5, 5.41) is 0. The van der Waals surface area contributed by atoms with Gasteiger partial charge in [-0.25, -0.2) is 9.97 Å². The molecule has 3 heterocycles. The van der Waals surface area contributed by atoms with Crippen molar-refractivity contribution in [1.82, 2.24) is 14.9 Å². The van der Waals surface area contributed by atoms with Crippen molar-refractivity contribution in [3.8, 4) is 0 Å². The first kappa shape index (κ1) is 14.2. The van der Waals surface area contributed by atoms with Crippen LogP contribution in [-0.4, -0.2) is 33.9 Å². The van der Waals surface area contributed by atoms with Crippen LogP contribution < -0.4 is 4.90 Å². The molecule has 2 aliphatic heterocycles. The topological polar surface area (TPSA) is 49.3 Å². The van der Waals surface area contributed by atoms with Gasteiger partial charge in [0, 0.05) is 19.3 Å². The highest BCUT2D eigenvalue weighted by Crippen LogP contribution is 2.31. The first-order chi connectivity index (χ1) is 11.2. The van der Waals surface area contributed by atoms with Crippen molar-refractivity contribution in [2.45, 2.75) is 32.4 Å².